The Morgan fingerprint density at radius 3 is 2.62 bits per heavy atom. The summed E-state index contributed by atoms with van der Waals surface area (Å²) in [6.45, 7) is 0. The van der Waals surface area contributed by atoms with Gasteiger partial charge < -0.3 is 0 Å². The molecule has 0 aliphatic heterocycles. The fourth-order valence-corrected chi connectivity index (χ4v) is 3.38. The van der Waals surface area contributed by atoms with E-state index in [1.807, 2.05) is 12.1 Å². The monoisotopic (exact) mass is 327 g/mol. The van der Waals surface area contributed by atoms with Gasteiger partial charge >= 0.3 is 6.18 Å². The molecule has 0 spiro atoms. The molecule has 86 valence electrons. The zero-order valence-electron chi connectivity index (χ0n) is 7.71. The minimum Gasteiger partial charge on any atom is -0.240 e. The van der Waals surface area contributed by atoms with E-state index in [2.05, 4.69) is 20.9 Å². The normalized spacial score (nSPS) is 12.0. The smallest absolute Gasteiger partial charge is 0.240 e. The average Bonchev–Trinajstić information content (AvgIpc) is 2.71. The lowest BCUT2D eigenvalue weighted by atomic mass is 10.4. The lowest BCUT2D eigenvalue weighted by molar-refractivity contribution is -0.127. The number of thiazole rings is 1. The van der Waals surface area contributed by atoms with Gasteiger partial charge in [-0.05, 0) is 28.1 Å². The first-order valence-corrected chi connectivity index (χ1v) is 6.70. The highest BCUT2D eigenvalue weighted by Gasteiger charge is 2.29. The van der Waals surface area contributed by atoms with Gasteiger partial charge in [-0.15, -0.1) is 22.7 Å². The van der Waals surface area contributed by atoms with Crippen LogP contribution < -0.4 is 0 Å². The predicted octanol–water partition coefficient (Wildman–Crippen LogP) is 4.74. The maximum Gasteiger partial charge on any atom is 0.395 e. The maximum absolute atomic E-state index is 12.1. The second-order valence-electron chi connectivity index (χ2n) is 3.02. The average molecular weight is 328 g/mol. The molecule has 0 unspecified atom stereocenters. The summed E-state index contributed by atoms with van der Waals surface area (Å²) in [4.78, 5) is 4.84. The molecule has 0 N–H and O–H groups in total. The van der Waals surface area contributed by atoms with Crippen molar-refractivity contribution in [3.8, 4) is 10.6 Å². The molecule has 2 aromatic heterocycles. The summed E-state index contributed by atoms with van der Waals surface area (Å²) in [5, 5.41) is 1.76. The summed E-state index contributed by atoms with van der Waals surface area (Å²) in [5.41, 5.74) is 0.611. The molecule has 0 saturated carbocycles. The van der Waals surface area contributed by atoms with Crippen molar-refractivity contribution >= 4 is 38.6 Å². The number of aromatic nitrogens is 1. The molecule has 0 amide bonds. The molecule has 0 aromatic carbocycles. The molecule has 0 atom stereocenters. The summed E-state index contributed by atoms with van der Waals surface area (Å²) in [6, 6.07) is 3.68. The zero-order valence-corrected chi connectivity index (χ0v) is 10.9. The van der Waals surface area contributed by atoms with E-state index in [1.165, 1.54) is 11.3 Å². The summed E-state index contributed by atoms with van der Waals surface area (Å²) in [5.74, 6) is 0. The van der Waals surface area contributed by atoms with E-state index in [1.54, 1.807) is 5.38 Å². The summed E-state index contributed by atoms with van der Waals surface area (Å²) >= 11 is 5.79. The van der Waals surface area contributed by atoms with Gasteiger partial charge in [0.2, 0.25) is 0 Å². The van der Waals surface area contributed by atoms with Crippen LogP contribution in [0.25, 0.3) is 10.6 Å². The Morgan fingerprint density at radius 2 is 2.06 bits per heavy atom. The first-order valence-electron chi connectivity index (χ1n) is 4.21. The number of alkyl halides is 3. The third kappa shape index (κ3) is 3.05. The van der Waals surface area contributed by atoms with Crippen molar-refractivity contribution in [2.24, 2.45) is 0 Å². The first-order chi connectivity index (χ1) is 7.44. The standard InChI is InChI=1S/C9H5BrF3NS2/c10-7-2-1-6(16-7)5-4-15-8(14-5)3-9(11,12)13/h1-2,4H,3H2. The Balaban J connectivity index is 2.20. The van der Waals surface area contributed by atoms with Gasteiger partial charge in [0.1, 0.15) is 5.01 Å². The minimum atomic E-state index is -4.19. The van der Waals surface area contributed by atoms with Crippen molar-refractivity contribution in [3.05, 3.63) is 26.3 Å². The first kappa shape index (κ1) is 12.1. The molecule has 2 aromatic rings. The second kappa shape index (κ2) is 4.46. The maximum atomic E-state index is 12.1. The Bertz CT molecular complexity index is 489. The molecule has 16 heavy (non-hydrogen) atoms. The molecule has 0 radical (unpaired) electrons. The van der Waals surface area contributed by atoms with Crippen molar-refractivity contribution in [3.63, 3.8) is 0 Å². The van der Waals surface area contributed by atoms with Crippen LogP contribution in [-0.4, -0.2) is 11.2 Å². The quantitative estimate of drug-likeness (QED) is 0.776. The highest BCUT2D eigenvalue weighted by atomic mass is 79.9. The van der Waals surface area contributed by atoms with Crippen molar-refractivity contribution < 1.29 is 13.2 Å². The number of halogens is 4. The van der Waals surface area contributed by atoms with Gasteiger partial charge in [0, 0.05) is 5.38 Å². The van der Waals surface area contributed by atoms with Crippen LogP contribution in [0, 0.1) is 0 Å². The highest BCUT2D eigenvalue weighted by Crippen LogP contribution is 2.33. The van der Waals surface area contributed by atoms with Gasteiger partial charge in [-0.2, -0.15) is 13.2 Å². The Labute approximate surface area is 106 Å². The zero-order chi connectivity index (χ0) is 11.8. The fraction of sp³-hybridized carbons (Fsp3) is 0.222. The van der Waals surface area contributed by atoms with Gasteiger partial charge in [0.25, 0.3) is 0 Å². The van der Waals surface area contributed by atoms with E-state index in [9.17, 15) is 13.2 Å². The van der Waals surface area contributed by atoms with Crippen molar-refractivity contribution in [2.75, 3.05) is 0 Å². The van der Waals surface area contributed by atoms with Crippen molar-refractivity contribution in [2.45, 2.75) is 12.6 Å². The van der Waals surface area contributed by atoms with E-state index in [-0.39, 0.29) is 5.01 Å². The van der Waals surface area contributed by atoms with E-state index in [0.29, 0.717) is 5.69 Å². The Hall–Kier alpha value is -0.400. The SMILES string of the molecule is FC(F)(F)Cc1nc(-c2ccc(Br)s2)cs1. The van der Waals surface area contributed by atoms with Crippen LogP contribution in [0.15, 0.2) is 21.3 Å². The van der Waals surface area contributed by atoms with Gasteiger partial charge in [-0.1, -0.05) is 0 Å². The summed E-state index contributed by atoms with van der Waals surface area (Å²) < 4.78 is 37.3. The number of rotatable bonds is 2. The van der Waals surface area contributed by atoms with E-state index in [0.717, 1.165) is 20.0 Å². The third-order valence-electron chi connectivity index (χ3n) is 1.73. The fourth-order valence-electron chi connectivity index (χ4n) is 1.13. The van der Waals surface area contributed by atoms with Crippen LogP contribution in [0.1, 0.15) is 5.01 Å². The summed E-state index contributed by atoms with van der Waals surface area (Å²) in [6.07, 6.45) is -5.14. The Morgan fingerprint density at radius 1 is 1.31 bits per heavy atom. The van der Waals surface area contributed by atoms with Gasteiger partial charge in [-0.25, -0.2) is 4.98 Å². The molecule has 7 heteroatoms. The predicted molar refractivity (Wildman–Crippen MR) is 62.9 cm³/mol. The highest BCUT2D eigenvalue weighted by molar-refractivity contribution is 9.11. The molecule has 0 bridgehead atoms. The molecule has 0 saturated heterocycles. The number of thiophene rings is 1. The topological polar surface area (TPSA) is 12.9 Å². The van der Waals surface area contributed by atoms with E-state index >= 15 is 0 Å². The summed E-state index contributed by atoms with van der Waals surface area (Å²) in [7, 11) is 0. The largest absolute Gasteiger partial charge is 0.395 e. The van der Waals surface area contributed by atoms with Crippen LogP contribution in [0.3, 0.4) is 0 Å². The molecule has 0 aliphatic carbocycles. The van der Waals surface area contributed by atoms with E-state index < -0.39 is 12.6 Å². The molecule has 0 fully saturated rings. The lowest BCUT2D eigenvalue weighted by Crippen LogP contribution is -2.11. The number of hydrogen-bond acceptors (Lipinski definition) is 3. The van der Waals surface area contributed by atoms with Crippen LogP contribution in [-0.2, 0) is 6.42 Å². The molecule has 2 rings (SSSR count). The van der Waals surface area contributed by atoms with Gasteiger partial charge in [0.05, 0.1) is 20.8 Å². The Kier molecular flexibility index (Phi) is 3.37. The van der Waals surface area contributed by atoms with Crippen LogP contribution in [0.5, 0.6) is 0 Å². The molecular weight excluding hydrogens is 323 g/mol. The molecule has 2 heterocycles. The number of nitrogens with zero attached hydrogens (tertiary/aromatic N) is 1. The van der Waals surface area contributed by atoms with Crippen molar-refractivity contribution in [1.82, 2.24) is 4.98 Å². The van der Waals surface area contributed by atoms with Crippen LogP contribution in [0.2, 0.25) is 0 Å². The molecule has 1 nitrogen and oxygen atoms in total. The third-order valence-corrected chi connectivity index (χ3v) is 4.22. The number of hydrogen-bond donors (Lipinski definition) is 0. The second-order valence-corrected chi connectivity index (χ2v) is 6.43. The van der Waals surface area contributed by atoms with Crippen molar-refractivity contribution in [1.29, 1.82) is 0 Å². The van der Waals surface area contributed by atoms with E-state index in [4.69, 9.17) is 0 Å². The van der Waals surface area contributed by atoms with Crippen LogP contribution >= 0.6 is 38.6 Å². The molecular formula is C9H5BrF3NS2. The van der Waals surface area contributed by atoms with Crippen LogP contribution in [0.4, 0.5) is 13.2 Å². The lowest BCUT2D eigenvalue weighted by Gasteiger charge is -2.01. The molecule has 0 aliphatic rings. The van der Waals surface area contributed by atoms with Gasteiger partial charge in [0.15, 0.2) is 0 Å². The van der Waals surface area contributed by atoms with Gasteiger partial charge in [-0.3, -0.25) is 0 Å². The minimum absolute atomic E-state index is 0.104.